The van der Waals surface area contributed by atoms with E-state index in [-0.39, 0.29) is 0 Å². The van der Waals surface area contributed by atoms with Gasteiger partial charge in [-0.2, -0.15) is 0 Å². The molecule has 0 spiro atoms. The van der Waals surface area contributed by atoms with Crippen LogP contribution in [0.3, 0.4) is 0 Å². The predicted molar refractivity (Wildman–Crippen MR) is 30.3 cm³/mol. The second-order valence-electron chi connectivity index (χ2n) is 2.26. The molecule has 8 heavy (non-hydrogen) atoms. The molecule has 0 aromatic carbocycles. The molecule has 0 heterocycles. The van der Waals surface area contributed by atoms with Gasteiger partial charge in [0.25, 0.3) is 0 Å². The van der Waals surface area contributed by atoms with Crippen LogP contribution in [-0.2, 0) is 4.79 Å². The van der Waals surface area contributed by atoms with Crippen LogP contribution < -0.4 is 0 Å². The van der Waals surface area contributed by atoms with Gasteiger partial charge in [0.15, 0.2) is 5.78 Å². The van der Waals surface area contributed by atoms with E-state index in [9.17, 15) is 4.79 Å². The number of hydrogen-bond donors (Lipinski definition) is 0. The molecule has 0 aromatic rings. The Labute approximate surface area is 47.7 Å². The summed E-state index contributed by atoms with van der Waals surface area (Å²) in [6.45, 7) is 0. The first-order chi connectivity index (χ1) is 3.88. The van der Waals surface area contributed by atoms with E-state index in [1.54, 1.807) is 6.08 Å². The molecular formula is C7H6O. The minimum atomic E-state index is 0.294. The fourth-order valence-electron chi connectivity index (χ4n) is 1.03. The van der Waals surface area contributed by atoms with Gasteiger partial charge in [-0.15, -0.1) is 0 Å². The molecule has 0 aromatic heterocycles. The lowest BCUT2D eigenvalue weighted by molar-refractivity contribution is -0.115. The molecule has 1 nitrogen and oxygen atoms in total. The third-order valence-corrected chi connectivity index (χ3v) is 1.64. The summed E-state index contributed by atoms with van der Waals surface area (Å²) in [6.07, 6.45) is 6.54. The maximum Gasteiger partial charge on any atom is 0.163 e. The lowest BCUT2D eigenvalue weighted by atomic mass is 10.2. The smallest absolute Gasteiger partial charge is 0.163 e. The fraction of sp³-hybridized carbons (Fsp3) is 0.286. The van der Waals surface area contributed by atoms with Crippen molar-refractivity contribution in [2.24, 2.45) is 5.92 Å². The maximum absolute atomic E-state index is 10.7. The molecule has 1 fully saturated rings. The predicted octanol–water partition coefficient (Wildman–Crippen LogP) is 1.07. The highest BCUT2D eigenvalue weighted by Crippen LogP contribution is 2.40. The summed E-state index contributed by atoms with van der Waals surface area (Å²) < 4.78 is 0. The van der Waals surface area contributed by atoms with Crippen LogP contribution in [0.2, 0.25) is 0 Å². The zero-order chi connectivity index (χ0) is 5.56. The Bertz CT molecular complexity index is 196. The van der Waals surface area contributed by atoms with Crippen LogP contribution in [0.25, 0.3) is 0 Å². The number of ketones is 1. The Morgan fingerprint density at radius 3 is 3.12 bits per heavy atom. The molecule has 1 saturated carbocycles. The van der Waals surface area contributed by atoms with Crippen molar-refractivity contribution in [1.29, 1.82) is 0 Å². The number of carbonyl (C=O) groups is 1. The lowest BCUT2D eigenvalue weighted by Gasteiger charge is -1.88. The molecule has 1 unspecified atom stereocenters. The normalized spacial score (nSPS) is 31.8. The van der Waals surface area contributed by atoms with Gasteiger partial charge in [-0.1, -0.05) is 17.7 Å². The molecule has 1 atom stereocenters. The first-order valence-corrected chi connectivity index (χ1v) is 2.79. The van der Waals surface area contributed by atoms with Gasteiger partial charge in [0.1, 0.15) is 0 Å². The van der Waals surface area contributed by atoms with Crippen molar-refractivity contribution < 1.29 is 4.79 Å². The van der Waals surface area contributed by atoms with Gasteiger partial charge in [0.2, 0.25) is 0 Å². The van der Waals surface area contributed by atoms with Crippen LogP contribution in [-0.4, -0.2) is 5.78 Å². The summed E-state index contributed by atoms with van der Waals surface area (Å²) in [7, 11) is 0. The van der Waals surface area contributed by atoms with Crippen molar-refractivity contribution in [1.82, 2.24) is 0 Å². The third-order valence-electron chi connectivity index (χ3n) is 1.64. The molecule has 40 valence electrons. The number of rotatable bonds is 0. The average molecular weight is 106 g/mol. The molecule has 0 radical (unpaired) electrons. The third kappa shape index (κ3) is 0.386. The lowest BCUT2D eigenvalue weighted by Crippen LogP contribution is -1.95. The van der Waals surface area contributed by atoms with Gasteiger partial charge >= 0.3 is 0 Å². The highest BCUT2D eigenvalue weighted by Gasteiger charge is 2.35. The molecule has 0 amide bonds. The molecule has 0 aliphatic heterocycles. The molecule has 2 aliphatic rings. The van der Waals surface area contributed by atoms with Crippen LogP contribution in [0.1, 0.15) is 6.42 Å². The number of allylic oxidation sites excluding steroid dienone is 4. The monoisotopic (exact) mass is 106 g/mol. The highest BCUT2D eigenvalue weighted by atomic mass is 16.1. The zero-order valence-electron chi connectivity index (χ0n) is 4.42. The van der Waals surface area contributed by atoms with Crippen LogP contribution in [0.5, 0.6) is 0 Å². The van der Waals surface area contributed by atoms with E-state index in [0.29, 0.717) is 11.7 Å². The van der Waals surface area contributed by atoms with E-state index in [1.165, 1.54) is 5.57 Å². The van der Waals surface area contributed by atoms with Gasteiger partial charge in [-0.25, -0.2) is 0 Å². The van der Waals surface area contributed by atoms with Gasteiger partial charge in [0, 0.05) is 5.92 Å². The first kappa shape index (κ1) is 4.07. The minimum absolute atomic E-state index is 0.294. The van der Waals surface area contributed by atoms with Crippen molar-refractivity contribution in [2.45, 2.75) is 6.42 Å². The van der Waals surface area contributed by atoms with Crippen LogP contribution in [0.4, 0.5) is 0 Å². The van der Waals surface area contributed by atoms with Crippen molar-refractivity contribution >= 4 is 5.78 Å². The van der Waals surface area contributed by atoms with Gasteiger partial charge in [0.05, 0.1) is 0 Å². The molecule has 0 N–H and O–H groups in total. The van der Waals surface area contributed by atoms with Crippen molar-refractivity contribution in [2.75, 3.05) is 0 Å². The highest BCUT2D eigenvalue weighted by molar-refractivity contribution is 5.98. The molecule has 0 saturated heterocycles. The van der Waals surface area contributed by atoms with E-state index >= 15 is 0 Å². The number of fused-ring (bicyclic) bond motifs is 1. The van der Waals surface area contributed by atoms with Crippen molar-refractivity contribution in [3.63, 3.8) is 0 Å². The Kier molecular flexibility index (Phi) is 0.562. The quantitative estimate of drug-likeness (QED) is 0.451. The van der Waals surface area contributed by atoms with Crippen LogP contribution in [0.15, 0.2) is 23.8 Å². The SMILES string of the molecule is O=C1C=CC=C2CC12. The number of hydrogen-bond acceptors (Lipinski definition) is 1. The number of carbonyl (C=O) groups excluding carboxylic acids is 1. The van der Waals surface area contributed by atoms with Gasteiger partial charge in [-0.3, -0.25) is 4.79 Å². The Morgan fingerprint density at radius 1 is 1.62 bits per heavy atom. The van der Waals surface area contributed by atoms with E-state index in [4.69, 9.17) is 0 Å². The average Bonchev–Trinajstić information content (AvgIpc) is 2.45. The Balaban J connectivity index is 2.40. The van der Waals surface area contributed by atoms with Gasteiger partial charge < -0.3 is 0 Å². The topological polar surface area (TPSA) is 17.1 Å². The summed E-state index contributed by atoms with van der Waals surface area (Å²) >= 11 is 0. The Hall–Kier alpha value is -0.850. The standard InChI is InChI=1S/C7H6O/c8-7-3-1-2-5-4-6(5)7/h1-3,6H,4H2. The maximum atomic E-state index is 10.7. The summed E-state index contributed by atoms with van der Waals surface area (Å²) in [6, 6.07) is 0. The van der Waals surface area contributed by atoms with E-state index in [1.807, 2.05) is 12.2 Å². The van der Waals surface area contributed by atoms with Gasteiger partial charge in [-0.05, 0) is 12.5 Å². The molecule has 2 rings (SSSR count). The summed E-state index contributed by atoms with van der Waals surface area (Å²) in [4.78, 5) is 10.7. The van der Waals surface area contributed by atoms with Crippen molar-refractivity contribution in [3.8, 4) is 0 Å². The van der Waals surface area contributed by atoms with Crippen LogP contribution >= 0.6 is 0 Å². The molecule has 0 bridgehead atoms. The summed E-state index contributed by atoms with van der Waals surface area (Å²) in [5.74, 6) is 0.600. The van der Waals surface area contributed by atoms with Crippen molar-refractivity contribution in [3.05, 3.63) is 23.8 Å². The fourth-order valence-corrected chi connectivity index (χ4v) is 1.03. The van der Waals surface area contributed by atoms with Crippen LogP contribution in [0, 0.1) is 5.92 Å². The first-order valence-electron chi connectivity index (χ1n) is 2.79. The van der Waals surface area contributed by atoms with E-state index < -0.39 is 0 Å². The Morgan fingerprint density at radius 2 is 2.50 bits per heavy atom. The second kappa shape index (κ2) is 1.10. The summed E-state index contributed by atoms with van der Waals surface area (Å²) in [5, 5.41) is 0. The second-order valence-corrected chi connectivity index (χ2v) is 2.26. The minimum Gasteiger partial charge on any atom is -0.294 e. The zero-order valence-corrected chi connectivity index (χ0v) is 4.42. The summed E-state index contributed by atoms with van der Waals surface area (Å²) in [5.41, 5.74) is 1.32. The van der Waals surface area contributed by atoms with E-state index in [0.717, 1.165) is 6.42 Å². The molecular weight excluding hydrogens is 100 g/mol. The largest absolute Gasteiger partial charge is 0.294 e. The molecule has 1 heteroatoms. The van der Waals surface area contributed by atoms with E-state index in [2.05, 4.69) is 0 Å². The molecule has 2 aliphatic carbocycles.